The monoisotopic (exact) mass is 335 g/mol. The van der Waals surface area contributed by atoms with Gasteiger partial charge in [0, 0.05) is 23.9 Å². The van der Waals surface area contributed by atoms with Gasteiger partial charge < -0.3 is 5.11 Å². The third-order valence-corrected chi connectivity index (χ3v) is 6.16. The number of piperidine rings is 1. The molecule has 1 saturated heterocycles. The number of likely N-dealkylation sites (tertiary alicyclic amines) is 1. The number of hydrogen-bond acceptors (Lipinski definition) is 2. The van der Waals surface area contributed by atoms with Gasteiger partial charge in [0.15, 0.2) is 0 Å². The van der Waals surface area contributed by atoms with Crippen molar-refractivity contribution >= 4 is 0 Å². The van der Waals surface area contributed by atoms with Crippen LogP contribution in [0.15, 0.2) is 73.3 Å². The molecule has 2 nitrogen and oxygen atoms in total. The molecule has 0 aromatic heterocycles. The van der Waals surface area contributed by atoms with E-state index in [-0.39, 0.29) is 23.9 Å². The van der Waals surface area contributed by atoms with Crippen molar-refractivity contribution in [2.75, 3.05) is 7.05 Å². The molecule has 4 atom stereocenters. The van der Waals surface area contributed by atoms with E-state index in [4.69, 9.17) is 0 Å². The molecule has 1 heterocycles. The van der Waals surface area contributed by atoms with E-state index < -0.39 is 5.60 Å². The maximum absolute atomic E-state index is 11.7. The maximum Gasteiger partial charge on any atom is 0.0769 e. The minimum atomic E-state index is -0.782. The lowest BCUT2D eigenvalue weighted by Gasteiger charge is -2.56. The van der Waals surface area contributed by atoms with Crippen LogP contribution in [0.5, 0.6) is 0 Å². The molecule has 2 heteroatoms. The highest BCUT2D eigenvalue weighted by atomic mass is 16.3. The first-order valence-electron chi connectivity index (χ1n) is 9.15. The molecule has 0 unspecified atom stereocenters. The van der Waals surface area contributed by atoms with Gasteiger partial charge in [0.2, 0.25) is 0 Å². The Labute approximate surface area is 151 Å². The summed E-state index contributed by atoms with van der Waals surface area (Å²) in [6.45, 7) is 8.26. The van der Waals surface area contributed by atoms with Gasteiger partial charge in [0.25, 0.3) is 0 Å². The maximum atomic E-state index is 11.7. The summed E-state index contributed by atoms with van der Waals surface area (Å²) in [6.07, 6.45) is 2.47. The Hall–Kier alpha value is -1.90. The van der Waals surface area contributed by atoms with Gasteiger partial charge in [0.1, 0.15) is 0 Å². The molecule has 0 saturated carbocycles. The lowest BCUT2D eigenvalue weighted by molar-refractivity contribution is -0.152. The highest BCUT2D eigenvalue weighted by molar-refractivity contribution is 5.28. The molecule has 0 aliphatic carbocycles. The second-order valence-electron chi connectivity index (χ2n) is 7.44. The molecule has 1 N–H and O–H groups in total. The molecule has 0 radical (unpaired) electrons. The van der Waals surface area contributed by atoms with Gasteiger partial charge in [-0.3, -0.25) is 4.90 Å². The van der Waals surface area contributed by atoms with E-state index >= 15 is 0 Å². The zero-order valence-electron chi connectivity index (χ0n) is 15.5. The second-order valence-corrected chi connectivity index (χ2v) is 7.44. The summed E-state index contributed by atoms with van der Waals surface area (Å²) < 4.78 is 0. The fraction of sp³-hybridized carbons (Fsp3) is 0.391. The Kier molecular flexibility index (Phi) is 5.12. The normalized spacial score (nSPS) is 33.1. The van der Waals surface area contributed by atoms with E-state index in [1.165, 1.54) is 11.1 Å². The first kappa shape index (κ1) is 17.9. The van der Waals surface area contributed by atoms with E-state index in [2.05, 4.69) is 80.9 Å². The molecule has 1 fully saturated rings. The zero-order chi connectivity index (χ0) is 18.0. The molecule has 2 aromatic rings. The van der Waals surface area contributed by atoms with E-state index in [0.717, 1.165) is 0 Å². The average Bonchev–Trinajstić information content (AvgIpc) is 2.63. The Bertz CT molecular complexity index is 643. The highest BCUT2D eigenvalue weighted by Gasteiger charge is 2.52. The molecule has 1 aliphatic rings. The summed E-state index contributed by atoms with van der Waals surface area (Å²) in [5.74, 6) is 0.209. The van der Waals surface area contributed by atoms with Crippen LogP contribution in [-0.2, 0) is 0 Å². The van der Waals surface area contributed by atoms with Gasteiger partial charge in [-0.1, -0.05) is 80.6 Å². The lowest BCUT2D eigenvalue weighted by Crippen LogP contribution is -2.57. The molecule has 0 spiro atoms. The van der Waals surface area contributed by atoms with Crippen molar-refractivity contribution in [3.63, 3.8) is 0 Å². The molecule has 3 rings (SSSR count). The van der Waals surface area contributed by atoms with Crippen LogP contribution in [0.3, 0.4) is 0 Å². The number of hydrogen-bond donors (Lipinski definition) is 1. The van der Waals surface area contributed by atoms with E-state index in [1.807, 2.05) is 18.2 Å². The van der Waals surface area contributed by atoms with Crippen LogP contribution >= 0.6 is 0 Å². The summed E-state index contributed by atoms with van der Waals surface area (Å²) >= 11 is 0. The van der Waals surface area contributed by atoms with E-state index in [9.17, 15) is 5.11 Å². The van der Waals surface area contributed by atoms with Gasteiger partial charge in [-0.25, -0.2) is 0 Å². The van der Waals surface area contributed by atoms with Crippen LogP contribution in [0.25, 0.3) is 0 Å². The molecule has 132 valence electrons. The zero-order valence-corrected chi connectivity index (χ0v) is 15.5. The number of rotatable bonds is 4. The van der Waals surface area contributed by atoms with Crippen LogP contribution in [-0.4, -0.2) is 22.7 Å². The molecule has 2 aromatic carbocycles. The molecular weight excluding hydrogens is 306 g/mol. The summed E-state index contributed by atoms with van der Waals surface area (Å²) in [4.78, 5) is 2.44. The number of nitrogens with zero attached hydrogens (tertiary/aromatic N) is 1. The van der Waals surface area contributed by atoms with Crippen molar-refractivity contribution in [3.8, 4) is 0 Å². The van der Waals surface area contributed by atoms with Crippen molar-refractivity contribution in [1.82, 2.24) is 4.90 Å². The average molecular weight is 335 g/mol. The van der Waals surface area contributed by atoms with Gasteiger partial charge in [0.05, 0.1) is 5.60 Å². The summed E-state index contributed by atoms with van der Waals surface area (Å²) in [7, 11) is 2.19. The predicted octanol–water partition coefficient (Wildman–Crippen LogP) is 4.99. The van der Waals surface area contributed by atoms with Crippen molar-refractivity contribution in [1.29, 1.82) is 0 Å². The summed E-state index contributed by atoms with van der Waals surface area (Å²) in [5, 5.41) is 11.7. The number of aliphatic hydroxyl groups is 1. The van der Waals surface area contributed by atoms with Crippen LogP contribution in [0.2, 0.25) is 0 Å². The third kappa shape index (κ3) is 3.05. The van der Waals surface area contributed by atoms with Crippen molar-refractivity contribution in [3.05, 3.63) is 84.4 Å². The topological polar surface area (TPSA) is 23.5 Å². The summed E-state index contributed by atoms with van der Waals surface area (Å²) in [6, 6.07) is 21.4. The van der Waals surface area contributed by atoms with E-state index in [0.29, 0.717) is 6.42 Å². The van der Waals surface area contributed by atoms with Crippen LogP contribution in [0.1, 0.15) is 43.5 Å². The Morgan fingerprint density at radius 3 is 1.68 bits per heavy atom. The standard InChI is InChI=1S/C23H29NO/c1-5-16-23(25)17(2)21(19-12-8-6-9-13-19)24(4)22(18(23)3)20-14-10-7-11-15-20/h5-15,17-18,21-22,25H,1,16H2,2-4H3/t17-,18-,21-,22-/m0/s1. The number of benzene rings is 2. The molecule has 25 heavy (non-hydrogen) atoms. The van der Waals surface area contributed by atoms with Crippen molar-refractivity contribution in [2.24, 2.45) is 11.8 Å². The Morgan fingerprint density at radius 1 is 0.920 bits per heavy atom. The second kappa shape index (κ2) is 7.15. The molecular formula is C23H29NO. The molecule has 0 amide bonds. The third-order valence-electron chi connectivity index (χ3n) is 6.16. The fourth-order valence-electron chi connectivity index (χ4n) is 4.79. The fourth-order valence-corrected chi connectivity index (χ4v) is 4.79. The van der Waals surface area contributed by atoms with Gasteiger partial charge in [-0.15, -0.1) is 6.58 Å². The highest BCUT2D eigenvalue weighted by Crippen LogP contribution is 2.53. The Morgan fingerprint density at radius 2 is 1.32 bits per heavy atom. The summed E-state index contributed by atoms with van der Waals surface area (Å²) in [5.41, 5.74) is 1.73. The van der Waals surface area contributed by atoms with Crippen molar-refractivity contribution < 1.29 is 5.11 Å². The lowest BCUT2D eigenvalue weighted by atomic mass is 9.64. The van der Waals surface area contributed by atoms with E-state index in [1.54, 1.807) is 0 Å². The Balaban J connectivity index is 2.11. The largest absolute Gasteiger partial charge is 0.389 e. The van der Waals surface area contributed by atoms with Gasteiger partial charge in [-0.2, -0.15) is 0 Å². The van der Waals surface area contributed by atoms with Crippen LogP contribution < -0.4 is 0 Å². The van der Waals surface area contributed by atoms with Crippen LogP contribution in [0.4, 0.5) is 0 Å². The SMILES string of the molecule is C=CCC1(O)[C@@H](C)[C@@H](c2ccccc2)N(C)[C@H](c2ccccc2)[C@@H]1C. The first-order valence-corrected chi connectivity index (χ1v) is 9.15. The predicted molar refractivity (Wildman–Crippen MR) is 104 cm³/mol. The minimum absolute atomic E-state index is 0.105. The first-order chi connectivity index (χ1) is 12.0. The van der Waals surface area contributed by atoms with Crippen LogP contribution in [0, 0.1) is 11.8 Å². The minimum Gasteiger partial charge on any atom is -0.389 e. The van der Waals surface area contributed by atoms with Gasteiger partial charge >= 0.3 is 0 Å². The smallest absolute Gasteiger partial charge is 0.0769 e. The molecule has 0 bridgehead atoms. The van der Waals surface area contributed by atoms with Gasteiger partial charge in [-0.05, 0) is 24.6 Å². The quantitative estimate of drug-likeness (QED) is 0.795. The van der Waals surface area contributed by atoms with Crippen molar-refractivity contribution in [2.45, 2.75) is 38.0 Å². The molecule has 1 aliphatic heterocycles.